The maximum Gasteiger partial charge on any atom is 0.308 e. The number of likely N-dealkylation sites (tertiary alicyclic amines) is 1. The molecule has 6 heteroatoms. The van der Waals surface area contributed by atoms with Crippen LogP contribution in [-0.2, 0) is 4.79 Å². The van der Waals surface area contributed by atoms with Gasteiger partial charge >= 0.3 is 5.97 Å². The zero-order valence-corrected chi connectivity index (χ0v) is 13.0. The van der Waals surface area contributed by atoms with Crippen LogP contribution in [0.4, 0.5) is 0 Å². The number of benzene rings is 1. The van der Waals surface area contributed by atoms with Gasteiger partial charge in [-0.2, -0.15) is 5.10 Å². The monoisotopic (exact) mass is 313 g/mol. The van der Waals surface area contributed by atoms with Crippen LogP contribution in [0.1, 0.15) is 28.9 Å². The molecule has 2 N–H and O–H groups in total. The van der Waals surface area contributed by atoms with Crippen LogP contribution in [0.3, 0.4) is 0 Å². The van der Waals surface area contributed by atoms with E-state index in [0.717, 1.165) is 11.1 Å². The lowest BCUT2D eigenvalue weighted by atomic mass is 9.98. The molecular weight excluding hydrogens is 294 g/mol. The van der Waals surface area contributed by atoms with Crippen molar-refractivity contribution in [2.75, 3.05) is 13.1 Å². The molecule has 120 valence electrons. The summed E-state index contributed by atoms with van der Waals surface area (Å²) in [5.74, 6) is -1.51. The Morgan fingerprint density at radius 3 is 2.74 bits per heavy atom. The van der Waals surface area contributed by atoms with Gasteiger partial charge < -0.3 is 10.0 Å². The van der Waals surface area contributed by atoms with Crippen molar-refractivity contribution < 1.29 is 14.7 Å². The summed E-state index contributed by atoms with van der Waals surface area (Å²) in [5.41, 5.74) is 3.20. The van der Waals surface area contributed by atoms with Gasteiger partial charge in [0.15, 0.2) is 0 Å². The van der Waals surface area contributed by atoms with E-state index in [-0.39, 0.29) is 12.5 Å². The number of piperidine rings is 1. The Morgan fingerprint density at radius 2 is 2.04 bits per heavy atom. The lowest BCUT2D eigenvalue weighted by Gasteiger charge is -2.30. The molecule has 1 aliphatic heterocycles. The van der Waals surface area contributed by atoms with Crippen LogP contribution in [0.15, 0.2) is 30.3 Å². The standard InChI is InChI=1S/C17H19N3O3/c1-11-4-6-12(7-5-11)14-9-15(19-18-14)16(21)20-8-2-3-13(10-20)17(22)23/h4-7,9,13H,2-3,8,10H2,1H3,(H,18,19)(H,22,23)/t13-/m0/s1. The highest BCUT2D eigenvalue weighted by molar-refractivity contribution is 5.93. The van der Waals surface area contributed by atoms with Crippen molar-refractivity contribution in [3.05, 3.63) is 41.6 Å². The van der Waals surface area contributed by atoms with Crippen molar-refractivity contribution in [3.8, 4) is 11.3 Å². The van der Waals surface area contributed by atoms with E-state index < -0.39 is 11.9 Å². The van der Waals surface area contributed by atoms with Gasteiger partial charge in [0.2, 0.25) is 0 Å². The van der Waals surface area contributed by atoms with E-state index in [1.807, 2.05) is 31.2 Å². The van der Waals surface area contributed by atoms with Crippen LogP contribution in [0, 0.1) is 12.8 Å². The van der Waals surface area contributed by atoms with Gasteiger partial charge in [0, 0.05) is 18.7 Å². The fraction of sp³-hybridized carbons (Fsp3) is 0.353. The van der Waals surface area contributed by atoms with Crippen LogP contribution in [0.2, 0.25) is 0 Å². The number of hydrogen-bond donors (Lipinski definition) is 2. The average molecular weight is 313 g/mol. The second-order valence-electron chi connectivity index (χ2n) is 5.96. The molecule has 1 atom stereocenters. The number of aryl methyl sites for hydroxylation is 1. The topological polar surface area (TPSA) is 86.3 Å². The first-order valence-electron chi connectivity index (χ1n) is 7.69. The maximum atomic E-state index is 12.5. The smallest absolute Gasteiger partial charge is 0.308 e. The Labute approximate surface area is 134 Å². The number of nitrogens with zero attached hydrogens (tertiary/aromatic N) is 2. The highest BCUT2D eigenvalue weighted by Crippen LogP contribution is 2.21. The molecule has 3 rings (SSSR count). The van der Waals surface area contributed by atoms with Crippen LogP contribution in [-0.4, -0.2) is 45.2 Å². The number of nitrogens with one attached hydrogen (secondary N) is 1. The third-order valence-corrected chi connectivity index (χ3v) is 4.21. The third kappa shape index (κ3) is 3.26. The van der Waals surface area contributed by atoms with E-state index >= 15 is 0 Å². The SMILES string of the molecule is Cc1ccc(-c2cc(C(=O)N3CCC[C@H](C(=O)O)C3)[nH]n2)cc1. The van der Waals surface area contributed by atoms with Crippen LogP contribution >= 0.6 is 0 Å². The van der Waals surface area contributed by atoms with Gasteiger partial charge in [0.1, 0.15) is 5.69 Å². The van der Waals surface area contributed by atoms with E-state index in [2.05, 4.69) is 10.2 Å². The summed E-state index contributed by atoms with van der Waals surface area (Å²) in [6.07, 6.45) is 1.33. The summed E-state index contributed by atoms with van der Waals surface area (Å²) >= 11 is 0. The molecule has 1 aromatic heterocycles. The number of carboxylic acids is 1. The quantitative estimate of drug-likeness (QED) is 0.910. The second-order valence-corrected chi connectivity index (χ2v) is 5.96. The Kier molecular flexibility index (Phi) is 4.14. The summed E-state index contributed by atoms with van der Waals surface area (Å²) in [4.78, 5) is 25.2. The average Bonchev–Trinajstić information content (AvgIpc) is 3.05. The molecular formula is C17H19N3O3. The molecule has 0 saturated carbocycles. The summed E-state index contributed by atoms with van der Waals surface area (Å²) in [7, 11) is 0. The molecule has 0 spiro atoms. The molecule has 0 bridgehead atoms. The number of carbonyl (C=O) groups excluding carboxylic acids is 1. The number of amides is 1. The lowest BCUT2D eigenvalue weighted by molar-refractivity contribution is -0.143. The van der Waals surface area contributed by atoms with Crippen molar-refractivity contribution in [1.82, 2.24) is 15.1 Å². The molecule has 1 aromatic carbocycles. The highest BCUT2D eigenvalue weighted by atomic mass is 16.4. The van der Waals surface area contributed by atoms with Gasteiger partial charge in [-0.1, -0.05) is 29.8 Å². The number of aliphatic carboxylic acids is 1. The zero-order valence-electron chi connectivity index (χ0n) is 13.0. The fourth-order valence-electron chi connectivity index (χ4n) is 2.84. The zero-order chi connectivity index (χ0) is 16.4. The van der Waals surface area contributed by atoms with E-state index in [1.165, 1.54) is 0 Å². The number of carboxylic acid groups (broad SMARTS) is 1. The predicted molar refractivity (Wildman–Crippen MR) is 85.0 cm³/mol. The predicted octanol–water partition coefficient (Wildman–Crippen LogP) is 2.32. The van der Waals surface area contributed by atoms with Crippen molar-refractivity contribution in [2.24, 2.45) is 5.92 Å². The van der Waals surface area contributed by atoms with Gasteiger partial charge in [-0.25, -0.2) is 0 Å². The molecule has 1 aliphatic rings. The molecule has 2 heterocycles. The number of hydrogen-bond acceptors (Lipinski definition) is 3. The number of carbonyl (C=O) groups is 2. The summed E-state index contributed by atoms with van der Waals surface area (Å²) in [6, 6.07) is 9.63. The second kappa shape index (κ2) is 6.24. The van der Waals surface area contributed by atoms with Crippen molar-refractivity contribution in [1.29, 1.82) is 0 Å². The molecule has 6 nitrogen and oxygen atoms in total. The number of aromatic amines is 1. The minimum absolute atomic E-state index is 0.193. The molecule has 0 radical (unpaired) electrons. The summed E-state index contributed by atoms with van der Waals surface area (Å²) < 4.78 is 0. The number of aromatic nitrogens is 2. The van der Waals surface area contributed by atoms with E-state index in [0.29, 0.717) is 30.8 Å². The Morgan fingerprint density at radius 1 is 1.30 bits per heavy atom. The van der Waals surface area contributed by atoms with E-state index in [1.54, 1.807) is 11.0 Å². The molecule has 1 fully saturated rings. The van der Waals surface area contributed by atoms with Gasteiger partial charge in [-0.05, 0) is 25.8 Å². The van der Waals surface area contributed by atoms with Crippen LogP contribution in [0.5, 0.6) is 0 Å². The summed E-state index contributed by atoms with van der Waals surface area (Å²) in [6.45, 7) is 2.85. The molecule has 0 aliphatic carbocycles. The summed E-state index contributed by atoms with van der Waals surface area (Å²) in [5, 5.41) is 16.1. The fourth-order valence-corrected chi connectivity index (χ4v) is 2.84. The van der Waals surface area contributed by atoms with Crippen molar-refractivity contribution in [2.45, 2.75) is 19.8 Å². The molecule has 1 amide bonds. The number of H-pyrrole nitrogens is 1. The van der Waals surface area contributed by atoms with Crippen LogP contribution < -0.4 is 0 Å². The van der Waals surface area contributed by atoms with Gasteiger partial charge in [0.25, 0.3) is 5.91 Å². The van der Waals surface area contributed by atoms with E-state index in [4.69, 9.17) is 5.11 Å². The van der Waals surface area contributed by atoms with Crippen molar-refractivity contribution in [3.63, 3.8) is 0 Å². The lowest BCUT2D eigenvalue weighted by Crippen LogP contribution is -2.42. The highest BCUT2D eigenvalue weighted by Gasteiger charge is 2.29. The molecule has 0 unspecified atom stereocenters. The first kappa shape index (κ1) is 15.3. The first-order chi connectivity index (χ1) is 11.0. The Hall–Kier alpha value is -2.63. The Balaban J connectivity index is 1.75. The largest absolute Gasteiger partial charge is 0.481 e. The van der Waals surface area contributed by atoms with Gasteiger partial charge in [-0.15, -0.1) is 0 Å². The third-order valence-electron chi connectivity index (χ3n) is 4.21. The molecule has 1 saturated heterocycles. The molecule has 2 aromatic rings. The van der Waals surface area contributed by atoms with Crippen molar-refractivity contribution >= 4 is 11.9 Å². The maximum absolute atomic E-state index is 12.5. The van der Waals surface area contributed by atoms with Gasteiger partial charge in [-0.3, -0.25) is 14.7 Å². The number of rotatable bonds is 3. The van der Waals surface area contributed by atoms with Crippen LogP contribution in [0.25, 0.3) is 11.3 Å². The Bertz CT molecular complexity index is 721. The van der Waals surface area contributed by atoms with E-state index in [9.17, 15) is 9.59 Å². The first-order valence-corrected chi connectivity index (χ1v) is 7.69. The normalized spacial score (nSPS) is 18.0. The van der Waals surface area contributed by atoms with Gasteiger partial charge in [0.05, 0.1) is 11.6 Å². The minimum atomic E-state index is -0.840. The molecule has 23 heavy (non-hydrogen) atoms. The minimum Gasteiger partial charge on any atom is -0.481 e.